The second-order valence-corrected chi connectivity index (χ2v) is 6.10. The average molecular weight is 314 g/mol. The molecule has 0 saturated carbocycles. The summed E-state index contributed by atoms with van der Waals surface area (Å²) in [4.78, 5) is 24.8. The second-order valence-electron chi connectivity index (χ2n) is 5.12. The molecule has 112 valence electrons. The first-order valence-electron chi connectivity index (χ1n) is 6.85. The van der Waals surface area contributed by atoms with Crippen molar-refractivity contribution in [3.63, 3.8) is 0 Å². The lowest BCUT2D eigenvalue weighted by atomic mass is 9.92. The van der Waals surface area contributed by atoms with E-state index in [1.807, 2.05) is 17.5 Å². The Labute approximate surface area is 130 Å². The normalized spacial score (nSPS) is 12.4. The van der Waals surface area contributed by atoms with Gasteiger partial charge in [-0.3, -0.25) is 4.79 Å². The van der Waals surface area contributed by atoms with Crippen molar-refractivity contribution in [2.75, 3.05) is 0 Å². The molecule has 0 spiro atoms. The lowest BCUT2D eigenvalue weighted by molar-refractivity contribution is -0.117. The maximum atomic E-state index is 12.3. The smallest absolute Gasteiger partial charge is 0.343 e. The van der Waals surface area contributed by atoms with Crippen molar-refractivity contribution in [2.45, 2.75) is 19.3 Å². The molecule has 1 atom stereocenters. The van der Waals surface area contributed by atoms with Gasteiger partial charge in [0.2, 0.25) is 0 Å². The van der Waals surface area contributed by atoms with E-state index in [1.165, 1.54) is 18.3 Å². The molecule has 22 heavy (non-hydrogen) atoms. The molecule has 0 aliphatic heterocycles. The van der Waals surface area contributed by atoms with Crippen LogP contribution in [0.5, 0.6) is 5.75 Å². The quantitative estimate of drug-likeness (QED) is 0.746. The molecule has 1 N–H and O–H groups in total. The van der Waals surface area contributed by atoms with Gasteiger partial charge >= 0.3 is 5.63 Å². The molecule has 4 nitrogen and oxygen atoms in total. The van der Waals surface area contributed by atoms with E-state index in [0.717, 1.165) is 4.88 Å². The van der Waals surface area contributed by atoms with Crippen LogP contribution in [0.25, 0.3) is 11.0 Å². The highest BCUT2D eigenvalue weighted by Crippen LogP contribution is 2.37. The van der Waals surface area contributed by atoms with Gasteiger partial charge in [-0.15, -0.1) is 11.3 Å². The summed E-state index contributed by atoms with van der Waals surface area (Å²) in [6.07, 6.45) is 0.150. The molecule has 1 aromatic carbocycles. The van der Waals surface area contributed by atoms with Crippen molar-refractivity contribution in [2.24, 2.45) is 0 Å². The van der Waals surface area contributed by atoms with Crippen molar-refractivity contribution < 1.29 is 14.3 Å². The Morgan fingerprint density at radius 2 is 2.05 bits per heavy atom. The van der Waals surface area contributed by atoms with Crippen LogP contribution < -0.4 is 5.63 Å². The third-order valence-electron chi connectivity index (χ3n) is 3.55. The van der Waals surface area contributed by atoms with Crippen molar-refractivity contribution >= 4 is 28.1 Å². The first-order valence-corrected chi connectivity index (χ1v) is 7.73. The zero-order valence-corrected chi connectivity index (χ0v) is 12.7. The summed E-state index contributed by atoms with van der Waals surface area (Å²) >= 11 is 1.45. The lowest BCUT2D eigenvalue weighted by Crippen LogP contribution is -2.15. The monoisotopic (exact) mass is 314 g/mol. The molecule has 3 rings (SSSR count). The van der Waals surface area contributed by atoms with E-state index in [1.54, 1.807) is 24.3 Å². The van der Waals surface area contributed by atoms with Gasteiger partial charge in [0, 0.05) is 17.2 Å². The van der Waals surface area contributed by atoms with Crippen LogP contribution in [0, 0.1) is 0 Å². The second kappa shape index (κ2) is 5.77. The lowest BCUT2D eigenvalue weighted by Gasteiger charge is -2.15. The van der Waals surface area contributed by atoms with Crippen LogP contribution in [0.2, 0.25) is 0 Å². The maximum Gasteiger partial charge on any atom is 0.343 e. The van der Waals surface area contributed by atoms with Gasteiger partial charge in [-0.25, -0.2) is 4.79 Å². The first kappa shape index (κ1) is 14.5. The summed E-state index contributed by atoms with van der Waals surface area (Å²) in [6.45, 7) is 1.47. The van der Waals surface area contributed by atoms with E-state index < -0.39 is 11.5 Å². The number of rotatable bonds is 4. The van der Waals surface area contributed by atoms with Gasteiger partial charge in [-0.2, -0.15) is 0 Å². The Hall–Kier alpha value is -2.40. The van der Waals surface area contributed by atoms with Crippen molar-refractivity contribution in [1.29, 1.82) is 0 Å². The first-order chi connectivity index (χ1) is 10.6. The Morgan fingerprint density at radius 3 is 2.73 bits per heavy atom. The van der Waals surface area contributed by atoms with Gasteiger partial charge in [-0.1, -0.05) is 18.2 Å². The minimum absolute atomic E-state index is 0.0506. The number of benzene rings is 1. The van der Waals surface area contributed by atoms with Crippen LogP contribution >= 0.6 is 11.3 Å². The molecular formula is C17H14O4S. The predicted octanol–water partition coefficient (Wildman–Crippen LogP) is 3.67. The zero-order chi connectivity index (χ0) is 15.7. The van der Waals surface area contributed by atoms with Crippen molar-refractivity contribution in [1.82, 2.24) is 0 Å². The van der Waals surface area contributed by atoms with E-state index in [2.05, 4.69) is 0 Å². The zero-order valence-electron chi connectivity index (χ0n) is 11.9. The average Bonchev–Trinajstić information content (AvgIpc) is 3.00. The molecule has 0 saturated heterocycles. The minimum Gasteiger partial charge on any atom is -0.507 e. The molecule has 5 heteroatoms. The number of hydrogen-bond donors (Lipinski definition) is 1. The Balaban J connectivity index is 2.26. The molecule has 0 radical (unpaired) electrons. The molecule has 0 amide bonds. The summed E-state index contributed by atoms with van der Waals surface area (Å²) in [5, 5.41) is 12.9. The van der Waals surface area contributed by atoms with Gasteiger partial charge in [0.05, 0.1) is 10.9 Å². The van der Waals surface area contributed by atoms with E-state index >= 15 is 0 Å². The number of carbonyl (C=O) groups is 1. The minimum atomic E-state index is -0.601. The molecular weight excluding hydrogens is 300 g/mol. The van der Waals surface area contributed by atoms with Crippen molar-refractivity contribution in [3.05, 3.63) is 62.6 Å². The topological polar surface area (TPSA) is 67.5 Å². The Morgan fingerprint density at radius 1 is 1.27 bits per heavy atom. The Bertz CT molecular complexity index is 877. The number of hydrogen-bond acceptors (Lipinski definition) is 5. The molecule has 2 heterocycles. The van der Waals surface area contributed by atoms with E-state index in [9.17, 15) is 14.7 Å². The fraction of sp³-hybridized carbons (Fsp3) is 0.176. The summed E-state index contributed by atoms with van der Waals surface area (Å²) in [6, 6.07) is 10.5. The van der Waals surface area contributed by atoms with Crippen LogP contribution in [0.4, 0.5) is 0 Å². The largest absolute Gasteiger partial charge is 0.507 e. The number of Topliss-reactive ketones (excluding diaryl/α,β-unsaturated/α-hetero) is 1. The fourth-order valence-corrected chi connectivity index (χ4v) is 3.41. The molecule has 2 aromatic heterocycles. The molecule has 0 fully saturated rings. The standard InChI is InChI=1S/C17H14O4S/c1-10(18)9-12(14-7-4-8-22-14)15-16(19)11-5-2-3-6-13(11)21-17(15)20/h2-8,12,19H,9H2,1H3/t12-/m1/s1. The van der Waals surface area contributed by atoms with Crippen molar-refractivity contribution in [3.8, 4) is 5.75 Å². The van der Waals surface area contributed by atoms with Crippen LogP contribution in [-0.2, 0) is 4.79 Å². The predicted molar refractivity (Wildman–Crippen MR) is 85.6 cm³/mol. The molecule has 3 aromatic rings. The van der Waals surface area contributed by atoms with Gasteiger partial charge in [-0.05, 0) is 30.5 Å². The highest BCUT2D eigenvalue weighted by atomic mass is 32.1. The number of aromatic hydroxyl groups is 1. The molecule has 0 aliphatic carbocycles. The molecule has 0 aliphatic rings. The summed E-state index contributed by atoms with van der Waals surface area (Å²) in [7, 11) is 0. The summed E-state index contributed by atoms with van der Waals surface area (Å²) < 4.78 is 5.31. The Kier molecular flexibility index (Phi) is 3.81. The van der Waals surface area contributed by atoms with Gasteiger partial charge in [0.1, 0.15) is 17.1 Å². The SMILES string of the molecule is CC(=O)C[C@H](c1cccs1)c1c(O)c2ccccc2oc1=O. The van der Waals surface area contributed by atoms with Gasteiger partial charge < -0.3 is 9.52 Å². The number of ketones is 1. The fourth-order valence-electron chi connectivity index (χ4n) is 2.58. The highest BCUT2D eigenvalue weighted by molar-refractivity contribution is 7.10. The van der Waals surface area contributed by atoms with Crippen LogP contribution in [-0.4, -0.2) is 10.9 Å². The third-order valence-corrected chi connectivity index (χ3v) is 4.53. The van der Waals surface area contributed by atoms with Gasteiger partial charge in [0.25, 0.3) is 0 Å². The number of para-hydroxylation sites is 1. The number of carbonyl (C=O) groups excluding carboxylic acids is 1. The number of fused-ring (bicyclic) bond motifs is 1. The number of thiophene rings is 1. The molecule has 0 unspecified atom stereocenters. The van der Waals surface area contributed by atoms with E-state index in [4.69, 9.17) is 4.42 Å². The van der Waals surface area contributed by atoms with Crippen LogP contribution in [0.3, 0.4) is 0 Å². The van der Waals surface area contributed by atoms with Crippen LogP contribution in [0.15, 0.2) is 51.0 Å². The highest BCUT2D eigenvalue weighted by Gasteiger charge is 2.26. The molecule has 0 bridgehead atoms. The summed E-state index contributed by atoms with van der Waals surface area (Å²) in [5.41, 5.74) is -0.117. The van der Waals surface area contributed by atoms with Crippen LogP contribution in [0.1, 0.15) is 29.7 Å². The van der Waals surface area contributed by atoms with Gasteiger partial charge in [0.15, 0.2) is 0 Å². The summed E-state index contributed by atoms with van der Waals surface area (Å²) in [5.74, 6) is -0.643. The maximum absolute atomic E-state index is 12.3. The van der Waals surface area contributed by atoms with E-state index in [-0.39, 0.29) is 23.5 Å². The van der Waals surface area contributed by atoms with E-state index in [0.29, 0.717) is 11.0 Å². The third kappa shape index (κ3) is 2.55.